The molecule has 0 aromatic carbocycles. The van der Waals surface area contributed by atoms with Crippen LogP contribution in [0.3, 0.4) is 0 Å². The van der Waals surface area contributed by atoms with E-state index in [0.29, 0.717) is 0 Å². The molecule has 13 nitrogen and oxygen atoms in total. The number of aliphatic hydroxyl groups is 2. The van der Waals surface area contributed by atoms with Crippen molar-refractivity contribution in [3.05, 3.63) is 0 Å². The zero-order valence-electron chi connectivity index (χ0n) is 22.2. The van der Waals surface area contributed by atoms with E-state index in [2.05, 4.69) is 5.32 Å². The van der Waals surface area contributed by atoms with Gasteiger partial charge >= 0.3 is 0 Å². The van der Waals surface area contributed by atoms with Crippen molar-refractivity contribution >= 4 is 5.91 Å². The third-order valence-electron chi connectivity index (χ3n) is 7.07. The summed E-state index contributed by atoms with van der Waals surface area (Å²) in [5, 5.41) is 24.1. The van der Waals surface area contributed by atoms with Crippen LogP contribution in [-0.2, 0) is 47.4 Å². The highest BCUT2D eigenvalue weighted by Crippen LogP contribution is 2.44. The number of hydrogen-bond donors (Lipinski definition) is 3. The molecule has 216 valence electrons. The Bertz CT molecular complexity index is 693. The predicted octanol–water partition coefficient (Wildman–Crippen LogP) is -0.344. The zero-order valence-corrected chi connectivity index (χ0v) is 22.2. The van der Waals surface area contributed by atoms with Crippen LogP contribution >= 0.6 is 0 Å². The Morgan fingerprint density at radius 1 is 1.05 bits per heavy atom. The lowest BCUT2D eigenvalue weighted by molar-refractivity contribution is -0.320. The van der Waals surface area contributed by atoms with Crippen molar-refractivity contribution in [1.29, 1.82) is 0 Å². The minimum absolute atomic E-state index is 0.0865. The lowest BCUT2D eigenvalue weighted by Crippen LogP contribution is -2.77. The van der Waals surface area contributed by atoms with Crippen molar-refractivity contribution in [3.8, 4) is 0 Å². The SMILES string of the molecule is COCOC[C@@]1([C@H](OCOC)[C@H]2COC3(CCCCC3)O2)O[C@H](CO)[C@@H](O)[C@H](OCOC)[C@H]1NC(C)=O. The molecule has 0 aromatic heterocycles. The minimum atomic E-state index is -1.53. The normalized spacial score (nSPS) is 34.5. The van der Waals surface area contributed by atoms with Crippen LogP contribution in [0.1, 0.15) is 39.0 Å². The molecule has 0 aromatic rings. The van der Waals surface area contributed by atoms with Gasteiger partial charge in [0.1, 0.15) is 56.5 Å². The molecular formula is C24H43NO12. The molecule has 2 saturated heterocycles. The molecule has 37 heavy (non-hydrogen) atoms. The third-order valence-corrected chi connectivity index (χ3v) is 7.07. The van der Waals surface area contributed by atoms with Crippen LogP contribution in [0, 0.1) is 0 Å². The summed E-state index contributed by atoms with van der Waals surface area (Å²) in [5.41, 5.74) is -1.53. The Kier molecular flexibility index (Phi) is 11.9. The number of amides is 1. The summed E-state index contributed by atoms with van der Waals surface area (Å²) in [6.45, 7) is 0.453. The van der Waals surface area contributed by atoms with Crippen molar-refractivity contribution in [2.24, 2.45) is 0 Å². The molecule has 3 N–H and O–H groups in total. The zero-order chi connectivity index (χ0) is 26.9. The number of carbonyl (C=O) groups is 1. The molecular weight excluding hydrogens is 494 g/mol. The van der Waals surface area contributed by atoms with Crippen molar-refractivity contribution in [2.45, 2.75) is 87.0 Å². The van der Waals surface area contributed by atoms with Gasteiger partial charge in [0.15, 0.2) is 5.79 Å². The van der Waals surface area contributed by atoms with Crippen LogP contribution in [0.5, 0.6) is 0 Å². The van der Waals surface area contributed by atoms with Gasteiger partial charge in [-0.15, -0.1) is 0 Å². The average molecular weight is 538 g/mol. The van der Waals surface area contributed by atoms with E-state index < -0.39 is 60.5 Å². The molecule has 3 aliphatic rings. The second-order valence-electron chi connectivity index (χ2n) is 9.69. The second-order valence-corrected chi connectivity index (χ2v) is 9.69. The topological polar surface area (TPSA) is 153 Å². The number of hydrogen-bond acceptors (Lipinski definition) is 12. The summed E-state index contributed by atoms with van der Waals surface area (Å²) in [7, 11) is 4.40. The van der Waals surface area contributed by atoms with Crippen LogP contribution in [0.2, 0.25) is 0 Å². The molecule has 1 saturated carbocycles. The third kappa shape index (κ3) is 7.17. The predicted molar refractivity (Wildman–Crippen MR) is 126 cm³/mol. The average Bonchev–Trinajstić information content (AvgIpc) is 3.28. The van der Waals surface area contributed by atoms with Gasteiger partial charge in [-0.3, -0.25) is 4.79 Å². The van der Waals surface area contributed by atoms with Crippen LogP contribution in [0.15, 0.2) is 0 Å². The Morgan fingerprint density at radius 3 is 2.38 bits per heavy atom. The number of nitrogens with one attached hydrogen (secondary N) is 1. The van der Waals surface area contributed by atoms with E-state index in [1.807, 2.05) is 0 Å². The molecule has 3 fully saturated rings. The Morgan fingerprint density at radius 2 is 1.76 bits per heavy atom. The molecule has 3 rings (SSSR count). The van der Waals surface area contributed by atoms with Crippen LogP contribution in [0.25, 0.3) is 0 Å². The summed E-state index contributed by atoms with van der Waals surface area (Å²) in [6, 6.07) is -1.01. The first-order valence-corrected chi connectivity index (χ1v) is 12.7. The summed E-state index contributed by atoms with van der Waals surface area (Å²) in [6.07, 6.45) is -0.461. The van der Waals surface area contributed by atoms with E-state index >= 15 is 0 Å². The maximum absolute atomic E-state index is 12.4. The van der Waals surface area contributed by atoms with Crippen molar-refractivity contribution < 1.29 is 57.6 Å². The maximum atomic E-state index is 12.4. The largest absolute Gasteiger partial charge is 0.394 e. The highest BCUT2D eigenvalue weighted by molar-refractivity contribution is 5.73. The highest BCUT2D eigenvalue weighted by atomic mass is 16.8. The Balaban J connectivity index is 2.07. The van der Waals surface area contributed by atoms with Crippen LogP contribution in [0.4, 0.5) is 0 Å². The first kappa shape index (κ1) is 30.6. The van der Waals surface area contributed by atoms with E-state index in [-0.39, 0.29) is 33.6 Å². The van der Waals surface area contributed by atoms with Crippen LogP contribution < -0.4 is 5.32 Å². The van der Waals surface area contributed by atoms with Crippen molar-refractivity contribution in [2.75, 3.05) is 61.5 Å². The maximum Gasteiger partial charge on any atom is 0.217 e. The molecule has 1 amide bonds. The molecule has 2 heterocycles. The Hall–Kier alpha value is -0.970. The number of rotatable bonds is 14. The number of carbonyl (C=O) groups excluding carboxylic acids is 1. The van der Waals surface area contributed by atoms with Gasteiger partial charge in [-0.1, -0.05) is 6.42 Å². The molecule has 13 heteroatoms. The fourth-order valence-electron chi connectivity index (χ4n) is 5.54. The first-order valence-electron chi connectivity index (χ1n) is 12.7. The lowest BCUT2D eigenvalue weighted by Gasteiger charge is -2.55. The smallest absolute Gasteiger partial charge is 0.217 e. The van der Waals surface area contributed by atoms with E-state index in [1.165, 1.54) is 28.3 Å². The van der Waals surface area contributed by atoms with Crippen LogP contribution in [-0.4, -0.2) is 126 Å². The molecule has 7 atom stereocenters. The minimum Gasteiger partial charge on any atom is -0.394 e. The summed E-state index contributed by atoms with van der Waals surface area (Å²) < 4.78 is 52.4. The number of ether oxygens (including phenoxy) is 9. The van der Waals surface area contributed by atoms with E-state index in [1.54, 1.807) is 0 Å². The first-order chi connectivity index (χ1) is 17.9. The number of methoxy groups -OCH3 is 3. The van der Waals surface area contributed by atoms with Gasteiger partial charge in [-0.2, -0.15) is 0 Å². The summed E-state index contributed by atoms with van der Waals surface area (Å²) in [5.74, 6) is -1.13. The van der Waals surface area contributed by atoms with E-state index in [4.69, 9.17) is 42.6 Å². The monoisotopic (exact) mass is 537 g/mol. The van der Waals surface area contributed by atoms with Gasteiger partial charge in [-0.25, -0.2) is 0 Å². The van der Waals surface area contributed by atoms with Gasteiger partial charge in [-0.05, 0) is 12.8 Å². The fourth-order valence-corrected chi connectivity index (χ4v) is 5.54. The second kappa shape index (κ2) is 14.4. The van der Waals surface area contributed by atoms with Gasteiger partial charge < -0.3 is 58.2 Å². The standard InChI is InChI=1S/C24H43NO12/c1-16(27)25-21-20(33-14-30-3)19(28)17(10-26)37-24(21,12-32-13-29-2)22(34-15-31-4)18-11-35-23(36-18)8-6-5-7-9-23/h17-22,26,28H,5-15H2,1-4H3,(H,25,27)/t17-,18-,19-,20+,21-,22-,24-/m1/s1. The van der Waals surface area contributed by atoms with Gasteiger partial charge in [0.2, 0.25) is 5.91 Å². The van der Waals surface area contributed by atoms with E-state index in [9.17, 15) is 15.0 Å². The highest BCUT2D eigenvalue weighted by Gasteiger charge is 2.63. The molecule has 1 aliphatic carbocycles. The van der Waals surface area contributed by atoms with Gasteiger partial charge in [0.25, 0.3) is 0 Å². The van der Waals surface area contributed by atoms with Gasteiger partial charge in [0, 0.05) is 41.1 Å². The Labute approximate surface area is 217 Å². The van der Waals surface area contributed by atoms with Crippen molar-refractivity contribution in [1.82, 2.24) is 5.32 Å². The molecule has 2 aliphatic heterocycles. The number of aliphatic hydroxyl groups excluding tert-OH is 2. The lowest BCUT2D eigenvalue weighted by atomic mass is 9.77. The molecule has 0 radical (unpaired) electrons. The fraction of sp³-hybridized carbons (Fsp3) is 0.958. The van der Waals surface area contributed by atoms with Gasteiger partial charge in [0.05, 0.1) is 25.9 Å². The molecule has 0 unspecified atom stereocenters. The van der Waals surface area contributed by atoms with E-state index in [0.717, 1.165) is 32.1 Å². The summed E-state index contributed by atoms with van der Waals surface area (Å²) >= 11 is 0. The summed E-state index contributed by atoms with van der Waals surface area (Å²) in [4.78, 5) is 12.4. The van der Waals surface area contributed by atoms with Crippen molar-refractivity contribution in [3.63, 3.8) is 0 Å². The molecule has 1 spiro atoms. The molecule has 0 bridgehead atoms. The quantitative estimate of drug-likeness (QED) is 0.196.